The molecular formula is C8H7BrF2N2O2. The number of halogens is 3. The summed E-state index contributed by atoms with van der Waals surface area (Å²) in [5.41, 5.74) is 5.00. The molecule has 1 aromatic heterocycles. The highest BCUT2D eigenvalue weighted by Gasteiger charge is 2.16. The molecule has 0 spiro atoms. The van der Waals surface area contributed by atoms with E-state index in [1.54, 1.807) is 0 Å². The van der Waals surface area contributed by atoms with E-state index in [1.807, 2.05) is 0 Å². The summed E-state index contributed by atoms with van der Waals surface area (Å²) in [5, 5.41) is 8.51. The lowest BCUT2D eigenvalue weighted by Crippen LogP contribution is -2.08. The molecule has 15 heavy (non-hydrogen) atoms. The first-order valence-corrected chi connectivity index (χ1v) is 4.66. The number of carboxylic acids is 1. The molecule has 0 atom stereocenters. The average Bonchev–Trinajstić information content (AvgIpc) is 2.11. The summed E-state index contributed by atoms with van der Waals surface area (Å²) in [7, 11) is 0. The van der Waals surface area contributed by atoms with Crippen LogP contribution in [-0.2, 0) is 11.2 Å². The van der Waals surface area contributed by atoms with Crippen LogP contribution in [0, 0.1) is 0 Å². The molecule has 0 aliphatic heterocycles. The van der Waals surface area contributed by atoms with Crippen molar-refractivity contribution in [3.63, 3.8) is 0 Å². The van der Waals surface area contributed by atoms with E-state index in [0.29, 0.717) is 0 Å². The Morgan fingerprint density at radius 3 is 2.73 bits per heavy atom. The van der Waals surface area contributed by atoms with Crippen LogP contribution in [0.5, 0.6) is 0 Å². The standard InChI is InChI=1S/C8H7BrF2N2O2/c9-3-1-5(8(10)11)13-4(7(3)12)2-6(14)15/h1,8H,2,12H2,(H,14,15). The van der Waals surface area contributed by atoms with E-state index in [0.717, 1.165) is 6.07 Å². The van der Waals surface area contributed by atoms with Crippen LogP contribution in [0.2, 0.25) is 0 Å². The van der Waals surface area contributed by atoms with Crippen LogP contribution < -0.4 is 5.73 Å². The highest BCUT2D eigenvalue weighted by atomic mass is 79.9. The molecule has 0 bridgehead atoms. The number of rotatable bonds is 3. The quantitative estimate of drug-likeness (QED) is 0.888. The topological polar surface area (TPSA) is 76.2 Å². The lowest BCUT2D eigenvalue weighted by atomic mass is 10.2. The second kappa shape index (κ2) is 4.52. The zero-order chi connectivity index (χ0) is 11.6. The molecule has 1 heterocycles. The van der Waals surface area contributed by atoms with Crippen LogP contribution >= 0.6 is 15.9 Å². The third kappa shape index (κ3) is 2.85. The molecule has 0 aliphatic rings. The van der Waals surface area contributed by atoms with Gasteiger partial charge in [-0.15, -0.1) is 0 Å². The first kappa shape index (κ1) is 11.8. The Morgan fingerprint density at radius 2 is 2.27 bits per heavy atom. The molecule has 0 radical (unpaired) electrons. The molecule has 7 heteroatoms. The van der Waals surface area contributed by atoms with Gasteiger partial charge < -0.3 is 10.8 Å². The SMILES string of the molecule is Nc1c(Br)cc(C(F)F)nc1CC(=O)O. The van der Waals surface area contributed by atoms with Gasteiger partial charge in [-0.05, 0) is 22.0 Å². The molecule has 0 saturated heterocycles. The van der Waals surface area contributed by atoms with Crippen molar-refractivity contribution in [2.75, 3.05) is 5.73 Å². The zero-order valence-corrected chi connectivity index (χ0v) is 8.96. The second-order valence-electron chi connectivity index (χ2n) is 2.76. The lowest BCUT2D eigenvalue weighted by Gasteiger charge is -2.07. The molecule has 1 rings (SSSR count). The highest BCUT2D eigenvalue weighted by Crippen LogP contribution is 2.27. The number of aromatic nitrogens is 1. The van der Waals surface area contributed by atoms with Gasteiger partial charge in [-0.25, -0.2) is 13.8 Å². The van der Waals surface area contributed by atoms with Crippen LogP contribution in [0.1, 0.15) is 17.8 Å². The first-order chi connectivity index (χ1) is 6.91. The predicted octanol–water partition coefficient (Wildman–Crippen LogP) is 1.99. The molecule has 0 amide bonds. The van der Waals surface area contributed by atoms with Crippen LogP contribution in [0.4, 0.5) is 14.5 Å². The zero-order valence-electron chi connectivity index (χ0n) is 7.38. The van der Waals surface area contributed by atoms with E-state index in [2.05, 4.69) is 20.9 Å². The summed E-state index contributed by atoms with van der Waals surface area (Å²) in [6.45, 7) is 0. The van der Waals surface area contributed by atoms with Gasteiger partial charge in [0.15, 0.2) is 0 Å². The number of hydrogen-bond acceptors (Lipinski definition) is 3. The first-order valence-electron chi connectivity index (χ1n) is 3.86. The van der Waals surface area contributed by atoms with Crippen molar-refractivity contribution < 1.29 is 18.7 Å². The summed E-state index contributed by atoms with van der Waals surface area (Å²) in [5.74, 6) is -1.17. The third-order valence-corrected chi connectivity index (χ3v) is 2.31. The normalized spacial score (nSPS) is 10.7. The Bertz CT molecular complexity index is 398. The summed E-state index contributed by atoms with van der Waals surface area (Å²) in [6, 6.07) is 1.07. The van der Waals surface area contributed by atoms with Gasteiger partial charge in [0, 0.05) is 4.47 Å². The van der Waals surface area contributed by atoms with Crippen molar-refractivity contribution in [2.24, 2.45) is 0 Å². The van der Waals surface area contributed by atoms with E-state index >= 15 is 0 Å². The number of nitrogen functional groups attached to an aromatic ring is 1. The smallest absolute Gasteiger partial charge is 0.309 e. The monoisotopic (exact) mass is 280 g/mol. The van der Waals surface area contributed by atoms with Gasteiger partial charge in [-0.1, -0.05) is 0 Å². The highest BCUT2D eigenvalue weighted by molar-refractivity contribution is 9.10. The van der Waals surface area contributed by atoms with Crippen LogP contribution in [0.3, 0.4) is 0 Å². The minimum atomic E-state index is -2.76. The maximum atomic E-state index is 12.3. The fourth-order valence-electron chi connectivity index (χ4n) is 0.984. The van der Waals surface area contributed by atoms with Gasteiger partial charge in [-0.3, -0.25) is 4.79 Å². The van der Waals surface area contributed by atoms with Gasteiger partial charge in [0.05, 0.1) is 17.8 Å². The number of nitrogens with zero attached hydrogens (tertiary/aromatic N) is 1. The number of alkyl halides is 2. The van der Waals surface area contributed by atoms with Gasteiger partial charge in [0.2, 0.25) is 0 Å². The summed E-state index contributed by atoms with van der Waals surface area (Å²) in [6.07, 6.45) is -3.24. The molecule has 0 aromatic carbocycles. The maximum Gasteiger partial charge on any atom is 0.309 e. The second-order valence-corrected chi connectivity index (χ2v) is 3.61. The predicted molar refractivity (Wildman–Crippen MR) is 52.6 cm³/mol. The molecule has 0 saturated carbocycles. The van der Waals surface area contributed by atoms with Crippen LogP contribution in [0.15, 0.2) is 10.5 Å². The molecule has 0 unspecified atom stereocenters. The van der Waals surface area contributed by atoms with Crippen molar-refractivity contribution >= 4 is 27.6 Å². The van der Waals surface area contributed by atoms with Crippen molar-refractivity contribution in [2.45, 2.75) is 12.8 Å². The molecule has 0 fully saturated rings. The van der Waals surface area contributed by atoms with Crippen molar-refractivity contribution in [1.29, 1.82) is 0 Å². The number of carboxylic acid groups (broad SMARTS) is 1. The van der Waals surface area contributed by atoms with Crippen molar-refractivity contribution in [3.8, 4) is 0 Å². The number of anilines is 1. The van der Waals surface area contributed by atoms with E-state index in [1.165, 1.54) is 0 Å². The molecule has 0 aliphatic carbocycles. The summed E-state index contributed by atoms with van der Waals surface area (Å²) < 4.78 is 24.9. The van der Waals surface area contributed by atoms with E-state index in [4.69, 9.17) is 10.8 Å². The Hall–Kier alpha value is -1.24. The van der Waals surface area contributed by atoms with Gasteiger partial charge >= 0.3 is 5.97 Å². The number of nitrogens with two attached hydrogens (primary N) is 1. The van der Waals surface area contributed by atoms with E-state index < -0.39 is 24.5 Å². The largest absolute Gasteiger partial charge is 0.481 e. The Kier molecular flexibility index (Phi) is 3.57. The van der Waals surface area contributed by atoms with Gasteiger partial charge in [0.1, 0.15) is 5.69 Å². The fraction of sp³-hybridized carbons (Fsp3) is 0.250. The number of carbonyl (C=O) groups is 1. The lowest BCUT2D eigenvalue weighted by molar-refractivity contribution is -0.136. The number of aliphatic carboxylic acids is 1. The summed E-state index contributed by atoms with van der Waals surface area (Å²) in [4.78, 5) is 13.9. The van der Waals surface area contributed by atoms with Gasteiger partial charge in [-0.2, -0.15) is 0 Å². The Morgan fingerprint density at radius 1 is 1.67 bits per heavy atom. The number of pyridine rings is 1. The van der Waals surface area contributed by atoms with Crippen molar-refractivity contribution in [3.05, 3.63) is 21.9 Å². The average molecular weight is 281 g/mol. The molecule has 3 N–H and O–H groups in total. The van der Waals surface area contributed by atoms with Crippen LogP contribution in [-0.4, -0.2) is 16.1 Å². The van der Waals surface area contributed by atoms with E-state index in [-0.39, 0.29) is 15.9 Å². The molecular weight excluding hydrogens is 274 g/mol. The van der Waals surface area contributed by atoms with Crippen LogP contribution in [0.25, 0.3) is 0 Å². The third-order valence-electron chi connectivity index (χ3n) is 1.65. The molecule has 82 valence electrons. The van der Waals surface area contributed by atoms with Gasteiger partial charge in [0.25, 0.3) is 6.43 Å². The minimum absolute atomic E-state index is 0.0628. The Balaban J connectivity index is 3.18. The maximum absolute atomic E-state index is 12.3. The van der Waals surface area contributed by atoms with Crippen molar-refractivity contribution in [1.82, 2.24) is 4.98 Å². The fourth-order valence-corrected chi connectivity index (χ4v) is 1.45. The minimum Gasteiger partial charge on any atom is -0.481 e. The number of hydrogen-bond donors (Lipinski definition) is 2. The Labute approximate surface area is 92.2 Å². The summed E-state index contributed by atoms with van der Waals surface area (Å²) >= 11 is 2.96. The molecule has 4 nitrogen and oxygen atoms in total. The molecule has 1 aromatic rings. The van der Waals surface area contributed by atoms with E-state index in [9.17, 15) is 13.6 Å².